The van der Waals surface area contributed by atoms with Crippen LogP contribution in [0, 0.1) is 6.92 Å². The molecule has 0 radical (unpaired) electrons. The van der Waals surface area contributed by atoms with Crippen molar-refractivity contribution in [1.29, 1.82) is 0 Å². The average molecular weight is 576 g/mol. The molecule has 0 unspecified atom stereocenters. The Morgan fingerprint density at radius 3 is 2.37 bits per heavy atom. The SMILES string of the molecule is Cc1ccccc1CNC(=O)N[C@@H](Cc1ccccc1)[C@H](O)C(=O)N1CSC(C)(C)[C@H]1C(=O)NCc1ccncc1. The molecule has 1 aromatic heterocycles. The Hall–Kier alpha value is -3.89. The van der Waals surface area contributed by atoms with Crippen LogP contribution in [0.2, 0.25) is 0 Å². The molecule has 1 saturated heterocycles. The lowest BCUT2D eigenvalue weighted by Crippen LogP contribution is -2.59. The molecule has 41 heavy (non-hydrogen) atoms. The number of urea groups is 1. The van der Waals surface area contributed by atoms with Crippen LogP contribution >= 0.6 is 11.8 Å². The molecule has 2 aromatic carbocycles. The Morgan fingerprint density at radius 1 is 0.976 bits per heavy atom. The number of nitrogens with zero attached hydrogens (tertiary/aromatic N) is 2. The lowest BCUT2D eigenvalue weighted by molar-refractivity contribution is -0.147. The van der Waals surface area contributed by atoms with Crippen molar-refractivity contribution in [3.8, 4) is 0 Å². The maximum atomic E-state index is 13.8. The van der Waals surface area contributed by atoms with Crippen molar-refractivity contribution in [2.24, 2.45) is 0 Å². The first kappa shape index (κ1) is 30.1. The minimum absolute atomic E-state index is 0.231. The van der Waals surface area contributed by atoms with E-state index in [1.54, 1.807) is 12.4 Å². The minimum Gasteiger partial charge on any atom is -0.381 e. The Morgan fingerprint density at radius 2 is 1.66 bits per heavy atom. The molecule has 1 aliphatic rings. The van der Waals surface area contributed by atoms with Crippen LogP contribution in [0.4, 0.5) is 4.79 Å². The number of amides is 4. The van der Waals surface area contributed by atoms with Crippen molar-refractivity contribution in [1.82, 2.24) is 25.8 Å². The monoisotopic (exact) mass is 575 g/mol. The zero-order valence-corrected chi connectivity index (χ0v) is 24.4. The highest BCUT2D eigenvalue weighted by atomic mass is 32.2. The Balaban J connectivity index is 1.48. The summed E-state index contributed by atoms with van der Waals surface area (Å²) in [6, 6.07) is 18.5. The zero-order valence-electron chi connectivity index (χ0n) is 23.5. The number of aliphatic hydroxyl groups is 1. The number of hydrogen-bond acceptors (Lipinski definition) is 6. The summed E-state index contributed by atoms with van der Waals surface area (Å²) in [6.07, 6.45) is 1.97. The highest BCUT2D eigenvalue weighted by molar-refractivity contribution is 8.00. The number of carbonyl (C=O) groups is 3. The molecule has 4 rings (SSSR count). The number of aryl methyl sites for hydroxylation is 1. The normalized spacial score (nSPS) is 17.4. The van der Waals surface area contributed by atoms with Crippen molar-refractivity contribution in [2.75, 3.05) is 5.88 Å². The number of nitrogens with one attached hydrogen (secondary N) is 3. The maximum Gasteiger partial charge on any atom is 0.315 e. The number of aliphatic hydroxyl groups excluding tert-OH is 1. The van der Waals surface area contributed by atoms with E-state index in [1.807, 2.05) is 87.5 Å². The summed E-state index contributed by atoms with van der Waals surface area (Å²) in [5.41, 5.74) is 3.76. The van der Waals surface area contributed by atoms with Crippen LogP contribution in [-0.4, -0.2) is 61.6 Å². The fourth-order valence-electron chi connectivity index (χ4n) is 4.85. The van der Waals surface area contributed by atoms with Gasteiger partial charge in [-0.1, -0.05) is 54.6 Å². The number of carbonyl (C=O) groups excluding carboxylic acids is 3. The van der Waals surface area contributed by atoms with E-state index < -0.39 is 34.9 Å². The minimum atomic E-state index is -1.57. The largest absolute Gasteiger partial charge is 0.381 e. The molecule has 10 heteroatoms. The van der Waals surface area contributed by atoms with Gasteiger partial charge in [-0.2, -0.15) is 0 Å². The van der Waals surface area contributed by atoms with Gasteiger partial charge in [0.1, 0.15) is 6.04 Å². The maximum absolute atomic E-state index is 13.8. The molecule has 0 spiro atoms. The molecule has 1 fully saturated rings. The van der Waals surface area contributed by atoms with Crippen LogP contribution in [0.5, 0.6) is 0 Å². The van der Waals surface area contributed by atoms with Crippen LogP contribution in [0.15, 0.2) is 79.1 Å². The molecule has 4 N–H and O–H groups in total. The van der Waals surface area contributed by atoms with E-state index in [0.717, 1.165) is 22.3 Å². The van der Waals surface area contributed by atoms with E-state index in [4.69, 9.17) is 0 Å². The number of hydrogen-bond donors (Lipinski definition) is 4. The highest BCUT2D eigenvalue weighted by Crippen LogP contribution is 2.39. The third-order valence-electron chi connectivity index (χ3n) is 7.24. The summed E-state index contributed by atoms with van der Waals surface area (Å²) in [7, 11) is 0. The summed E-state index contributed by atoms with van der Waals surface area (Å²) in [6.45, 7) is 6.38. The number of aromatic nitrogens is 1. The van der Waals surface area contributed by atoms with Gasteiger partial charge >= 0.3 is 6.03 Å². The second kappa shape index (κ2) is 13.6. The van der Waals surface area contributed by atoms with Gasteiger partial charge in [-0.25, -0.2) is 4.79 Å². The number of thioether (sulfide) groups is 1. The van der Waals surface area contributed by atoms with E-state index in [1.165, 1.54) is 16.7 Å². The summed E-state index contributed by atoms with van der Waals surface area (Å²) >= 11 is 1.47. The third kappa shape index (κ3) is 7.86. The predicted molar refractivity (Wildman–Crippen MR) is 160 cm³/mol. The molecule has 3 atom stereocenters. The Kier molecular flexibility index (Phi) is 10.0. The van der Waals surface area contributed by atoms with Crippen molar-refractivity contribution < 1.29 is 19.5 Å². The van der Waals surface area contributed by atoms with E-state index in [-0.39, 0.29) is 18.2 Å². The van der Waals surface area contributed by atoms with E-state index in [2.05, 4.69) is 20.9 Å². The van der Waals surface area contributed by atoms with Gasteiger partial charge in [-0.3, -0.25) is 14.6 Å². The van der Waals surface area contributed by atoms with Crippen LogP contribution in [0.3, 0.4) is 0 Å². The average Bonchev–Trinajstić information content (AvgIpc) is 3.30. The molecule has 0 aliphatic carbocycles. The van der Waals surface area contributed by atoms with Crippen LogP contribution in [0.25, 0.3) is 0 Å². The second-order valence-electron chi connectivity index (χ2n) is 10.7. The first-order chi connectivity index (χ1) is 19.7. The molecular weight excluding hydrogens is 538 g/mol. The summed E-state index contributed by atoms with van der Waals surface area (Å²) < 4.78 is -0.578. The van der Waals surface area contributed by atoms with E-state index >= 15 is 0 Å². The second-order valence-corrected chi connectivity index (χ2v) is 12.3. The molecular formula is C31H37N5O4S. The van der Waals surface area contributed by atoms with Crippen molar-refractivity contribution >= 4 is 29.6 Å². The zero-order chi connectivity index (χ0) is 29.4. The molecule has 0 saturated carbocycles. The Bertz CT molecular complexity index is 1340. The topological polar surface area (TPSA) is 124 Å². The van der Waals surface area contributed by atoms with Gasteiger partial charge < -0.3 is 26.0 Å². The van der Waals surface area contributed by atoms with Crippen LogP contribution < -0.4 is 16.0 Å². The molecule has 216 valence electrons. The molecule has 3 aromatic rings. The van der Waals surface area contributed by atoms with Gasteiger partial charge in [0.2, 0.25) is 5.91 Å². The highest BCUT2D eigenvalue weighted by Gasteiger charge is 2.49. The van der Waals surface area contributed by atoms with Gasteiger partial charge in [0, 0.05) is 30.2 Å². The molecule has 1 aliphatic heterocycles. The van der Waals surface area contributed by atoms with Gasteiger partial charge in [-0.05, 0) is 61.6 Å². The number of rotatable bonds is 10. The van der Waals surface area contributed by atoms with Gasteiger partial charge in [-0.15, -0.1) is 11.8 Å². The molecule has 2 heterocycles. The number of benzene rings is 2. The van der Waals surface area contributed by atoms with Crippen molar-refractivity contribution in [3.63, 3.8) is 0 Å². The summed E-state index contributed by atoms with van der Waals surface area (Å²) in [5.74, 6) is -0.665. The van der Waals surface area contributed by atoms with Crippen molar-refractivity contribution in [3.05, 3.63) is 101 Å². The van der Waals surface area contributed by atoms with E-state index in [0.29, 0.717) is 13.1 Å². The van der Waals surface area contributed by atoms with Gasteiger partial charge in [0.15, 0.2) is 6.10 Å². The standard InChI is InChI=1S/C31H37N5O4S/c1-21-9-7-8-12-24(21)19-34-30(40)35-25(17-22-10-5-4-6-11-22)26(37)29(39)36-20-41-31(2,3)27(36)28(38)33-18-23-13-15-32-16-14-23/h4-16,25-27,37H,17-20H2,1-3H3,(H,33,38)(H2,34,35,40)/t25-,26-,27+/m0/s1. The first-order valence-electron chi connectivity index (χ1n) is 13.6. The molecule has 9 nitrogen and oxygen atoms in total. The summed E-state index contributed by atoms with van der Waals surface area (Å²) in [4.78, 5) is 45.5. The molecule has 0 bridgehead atoms. The smallest absolute Gasteiger partial charge is 0.315 e. The third-order valence-corrected chi connectivity index (χ3v) is 8.62. The van der Waals surface area contributed by atoms with E-state index in [9.17, 15) is 19.5 Å². The fraction of sp³-hybridized carbons (Fsp3) is 0.355. The fourth-order valence-corrected chi connectivity index (χ4v) is 5.99. The van der Waals surface area contributed by atoms with Crippen LogP contribution in [-0.2, 0) is 29.1 Å². The van der Waals surface area contributed by atoms with Crippen LogP contribution in [0.1, 0.15) is 36.1 Å². The predicted octanol–water partition coefficient (Wildman–Crippen LogP) is 3.16. The lowest BCUT2D eigenvalue weighted by atomic mass is 9.97. The number of pyridine rings is 1. The summed E-state index contributed by atoms with van der Waals surface area (Å²) in [5, 5.41) is 19.9. The Labute approximate surface area is 245 Å². The quantitative estimate of drug-likeness (QED) is 0.295. The van der Waals surface area contributed by atoms with Gasteiger partial charge in [0.25, 0.3) is 5.91 Å². The van der Waals surface area contributed by atoms with Gasteiger partial charge in [0.05, 0.1) is 11.9 Å². The lowest BCUT2D eigenvalue weighted by Gasteiger charge is -2.33. The first-order valence-corrected chi connectivity index (χ1v) is 14.6. The molecule has 4 amide bonds. The van der Waals surface area contributed by atoms with Crippen molar-refractivity contribution in [2.45, 2.75) is 63.2 Å².